The highest BCUT2D eigenvalue weighted by molar-refractivity contribution is 6.36. The molecule has 0 saturated carbocycles. The van der Waals surface area contributed by atoms with Crippen LogP contribution in [0.1, 0.15) is 25.8 Å². The van der Waals surface area contributed by atoms with Gasteiger partial charge >= 0.3 is 0 Å². The first-order valence-electron chi connectivity index (χ1n) is 4.75. The molecular formula is C11H13Cl2N. The van der Waals surface area contributed by atoms with E-state index >= 15 is 0 Å². The fourth-order valence-electron chi connectivity index (χ4n) is 2.01. The highest BCUT2D eigenvalue weighted by Crippen LogP contribution is 2.44. The van der Waals surface area contributed by atoms with Gasteiger partial charge in [0.15, 0.2) is 0 Å². The Morgan fingerprint density at radius 1 is 1.21 bits per heavy atom. The van der Waals surface area contributed by atoms with E-state index in [-0.39, 0.29) is 5.41 Å². The van der Waals surface area contributed by atoms with Crippen molar-refractivity contribution in [1.29, 1.82) is 0 Å². The van der Waals surface area contributed by atoms with Crippen molar-refractivity contribution in [2.24, 2.45) is 0 Å². The molecule has 1 nitrogen and oxygen atoms in total. The van der Waals surface area contributed by atoms with Crippen molar-refractivity contribution in [1.82, 2.24) is 0 Å². The summed E-state index contributed by atoms with van der Waals surface area (Å²) in [5.41, 5.74) is 2.27. The smallest absolute Gasteiger partial charge is 0.0641 e. The molecule has 1 N–H and O–H groups in total. The Kier molecular flexibility index (Phi) is 2.40. The molecule has 14 heavy (non-hydrogen) atoms. The molecule has 1 heterocycles. The van der Waals surface area contributed by atoms with E-state index in [0.717, 1.165) is 34.3 Å². The van der Waals surface area contributed by atoms with Gasteiger partial charge in [-0.25, -0.2) is 0 Å². The van der Waals surface area contributed by atoms with Gasteiger partial charge in [-0.05, 0) is 24.0 Å². The van der Waals surface area contributed by atoms with Crippen molar-refractivity contribution >= 4 is 28.9 Å². The van der Waals surface area contributed by atoms with Crippen LogP contribution in [0.3, 0.4) is 0 Å². The van der Waals surface area contributed by atoms with Gasteiger partial charge in [0.05, 0.1) is 10.7 Å². The number of halogens is 2. The van der Waals surface area contributed by atoms with Crippen LogP contribution in [-0.2, 0) is 5.41 Å². The Morgan fingerprint density at radius 3 is 2.50 bits per heavy atom. The molecule has 76 valence electrons. The van der Waals surface area contributed by atoms with Gasteiger partial charge in [-0.2, -0.15) is 0 Å². The van der Waals surface area contributed by atoms with E-state index < -0.39 is 0 Å². The number of nitrogens with one attached hydrogen (secondary N) is 1. The van der Waals surface area contributed by atoms with Crippen LogP contribution >= 0.6 is 23.2 Å². The standard InChI is InChI=1S/C11H13Cl2N/c1-11(2)5-6-14-10-8(13)4-3-7(12)9(10)11/h3-4,14H,5-6H2,1-2H3. The van der Waals surface area contributed by atoms with E-state index in [0.29, 0.717) is 0 Å². The van der Waals surface area contributed by atoms with Gasteiger partial charge in [0.2, 0.25) is 0 Å². The third-order valence-electron chi connectivity index (χ3n) is 2.83. The number of hydrogen-bond donors (Lipinski definition) is 1. The molecule has 0 unspecified atom stereocenters. The Hall–Kier alpha value is -0.400. The summed E-state index contributed by atoms with van der Waals surface area (Å²) in [6, 6.07) is 3.72. The maximum Gasteiger partial charge on any atom is 0.0641 e. The van der Waals surface area contributed by atoms with Gasteiger partial charge in [0, 0.05) is 17.1 Å². The molecule has 0 aliphatic carbocycles. The number of hydrogen-bond acceptors (Lipinski definition) is 1. The Morgan fingerprint density at radius 2 is 1.86 bits per heavy atom. The van der Waals surface area contributed by atoms with Crippen LogP contribution in [0.15, 0.2) is 12.1 Å². The maximum absolute atomic E-state index is 6.20. The molecule has 0 aromatic heterocycles. The van der Waals surface area contributed by atoms with E-state index in [2.05, 4.69) is 19.2 Å². The second-order valence-corrected chi connectivity index (χ2v) is 5.15. The van der Waals surface area contributed by atoms with Gasteiger partial charge in [-0.1, -0.05) is 37.0 Å². The minimum Gasteiger partial charge on any atom is -0.384 e. The van der Waals surface area contributed by atoms with Crippen molar-refractivity contribution < 1.29 is 0 Å². The lowest BCUT2D eigenvalue weighted by atomic mass is 9.78. The molecule has 0 radical (unpaired) electrons. The molecule has 0 fully saturated rings. The number of rotatable bonds is 0. The minimum absolute atomic E-state index is 0.114. The van der Waals surface area contributed by atoms with Gasteiger partial charge < -0.3 is 5.32 Å². The second-order valence-electron chi connectivity index (χ2n) is 4.34. The first-order chi connectivity index (χ1) is 6.52. The molecule has 0 amide bonds. The van der Waals surface area contributed by atoms with Crippen LogP contribution in [0.2, 0.25) is 10.0 Å². The number of fused-ring (bicyclic) bond motifs is 1. The van der Waals surface area contributed by atoms with Crippen molar-refractivity contribution in [3.8, 4) is 0 Å². The fraction of sp³-hybridized carbons (Fsp3) is 0.455. The molecule has 1 aromatic carbocycles. The maximum atomic E-state index is 6.20. The molecule has 1 aromatic rings. The highest BCUT2D eigenvalue weighted by atomic mass is 35.5. The van der Waals surface area contributed by atoms with E-state index in [1.54, 1.807) is 0 Å². The molecular weight excluding hydrogens is 217 g/mol. The van der Waals surface area contributed by atoms with Gasteiger partial charge in [-0.3, -0.25) is 0 Å². The predicted octanol–water partition coefficient (Wildman–Crippen LogP) is 4.09. The lowest BCUT2D eigenvalue weighted by Gasteiger charge is -2.34. The molecule has 0 saturated heterocycles. The molecule has 1 aliphatic rings. The first kappa shape index (κ1) is 10.1. The quantitative estimate of drug-likeness (QED) is 0.707. The van der Waals surface area contributed by atoms with E-state index in [4.69, 9.17) is 23.2 Å². The highest BCUT2D eigenvalue weighted by Gasteiger charge is 2.30. The SMILES string of the molecule is CC1(C)CCNc2c(Cl)ccc(Cl)c21. The molecule has 0 atom stereocenters. The predicted molar refractivity (Wildman–Crippen MR) is 62.6 cm³/mol. The number of anilines is 1. The van der Waals surface area contributed by atoms with Crippen molar-refractivity contribution in [2.45, 2.75) is 25.7 Å². The summed E-state index contributed by atoms with van der Waals surface area (Å²) in [4.78, 5) is 0. The first-order valence-corrected chi connectivity index (χ1v) is 5.50. The average Bonchev–Trinajstić information content (AvgIpc) is 2.10. The third kappa shape index (κ3) is 1.49. The zero-order valence-corrected chi connectivity index (χ0v) is 9.84. The normalized spacial score (nSPS) is 18.6. The lowest BCUT2D eigenvalue weighted by Crippen LogP contribution is -2.28. The largest absolute Gasteiger partial charge is 0.384 e. The second kappa shape index (κ2) is 3.32. The molecule has 1 aliphatic heterocycles. The summed E-state index contributed by atoms with van der Waals surface area (Å²) in [6.45, 7) is 5.36. The lowest BCUT2D eigenvalue weighted by molar-refractivity contribution is 0.482. The van der Waals surface area contributed by atoms with E-state index in [1.165, 1.54) is 0 Å². The van der Waals surface area contributed by atoms with Crippen LogP contribution < -0.4 is 5.32 Å². The Balaban J connectivity index is 2.67. The van der Waals surface area contributed by atoms with Crippen LogP contribution in [0, 0.1) is 0 Å². The zero-order valence-electron chi connectivity index (χ0n) is 8.32. The summed E-state index contributed by atoms with van der Waals surface area (Å²) in [5.74, 6) is 0. The summed E-state index contributed by atoms with van der Waals surface area (Å²) in [7, 11) is 0. The summed E-state index contributed by atoms with van der Waals surface area (Å²) in [5, 5.41) is 4.88. The molecule has 0 bridgehead atoms. The van der Waals surface area contributed by atoms with Crippen molar-refractivity contribution in [3.63, 3.8) is 0 Å². The third-order valence-corrected chi connectivity index (χ3v) is 3.46. The van der Waals surface area contributed by atoms with Crippen LogP contribution in [0.25, 0.3) is 0 Å². The number of benzene rings is 1. The Labute approximate surface area is 94.4 Å². The van der Waals surface area contributed by atoms with Crippen molar-refractivity contribution in [3.05, 3.63) is 27.7 Å². The summed E-state index contributed by atoms with van der Waals surface area (Å²) >= 11 is 12.3. The molecule has 0 spiro atoms. The molecule has 2 rings (SSSR count). The monoisotopic (exact) mass is 229 g/mol. The van der Waals surface area contributed by atoms with Crippen LogP contribution in [-0.4, -0.2) is 6.54 Å². The van der Waals surface area contributed by atoms with Crippen LogP contribution in [0.5, 0.6) is 0 Å². The van der Waals surface area contributed by atoms with Crippen LogP contribution in [0.4, 0.5) is 5.69 Å². The fourth-order valence-corrected chi connectivity index (χ4v) is 2.65. The van der Waals surface area contributed by atoms with Gasteiger partial charge in [0.1, 0.15) is 0 Å². The molecule has 3 heteroatoms. The zero-order chi connectivity index (χ0) is 10.3. The van der Waals surface area contributed by atoms with Gasteiger partial charge in [-0.15, -0.1) is 0 Å². The summed E-state index contributed by atoms with van der Waals surface area (Å²) in [6.07, 6.45) is 1.08. The van der Waals surface area contributed by atoms with Crippen molar-refractivity contribution in [2.75, 3.05) is 11.9 Å². The summed E-state index contributed by atoms with van der Waals surface area (Å²) < 4.78 is 0. The van der Waals surface area contributed by atoms with E-state index in [1.807, 2.05) is 12.1 Å². The average molecular weight is 230 g/mol. The topological polar surface area (TPSA) is 12.0 Å². The van der Waals surface area contributed by atoms with E-state index in [9.17, 15) is 0 Å². The van der Waals surface area contributed by atoms with Gasteiger partial charge in [0.25, 0.3) is 0 Å². The minimum atomic E-state index is 0.114. The Bertz CT molecular complexity index is 372.